The van der Waals surface area contributed by atoms with E-state index in [9.17, 15) is 4.79 Å². The number of hydrogen-bond donors (Lipinski definition) is 5. The second kappa shape index (κ2) is 19.1. The van der Waals surface area contributed by atoms with Gasteiger partial charge in [0.05, 0.1) is 33.5 Å². The van der Waals surface area contributed by atoms with Crippen LogP contribution in [-0.2, 0) is 9.47 Å². The Labute approximate surface area is 241 Å². The molecule has 0 bridgehead atoms. The summed E-state index contributed by atoms with van der Waals surface area (Å²) in [6.45, 7) is 4.15. The van der Waals surface area contributed by atoms with Crippen molar-refractivity contribution >= 4 is 29.4 Å². The highest BCUT2D eigenvalue weighted by Crippen LogP contribution is 2.20. The van der Waals surface area contributed by atoms with E-state index < -0.39 is 0 Å². The van der Waals surface area contributed by atoms with Gasteiger partial charge in [-0.3, -0.25) is 4.79 Å². The average Bonchev–Trinajstić information content (AvgIpc) is 3.00. The van der Waals surface area contributed by atoms with E-state index in [0.29, 0.717) is 62.9 Å². The number of benzene rings is 2. The third-order valence-corrected chi connectivity index (χ3v) is 5.84. The number of aromatic nitrogens is 3. The largest absolute Gasteiger partial charge is 0.497 e. The number of hydrogen-bond acceptors (Lipinski definition) is 11. The minimum atomic E-state index is -0.113. The fraction of sp³-hybridized carbons (Fsp3) is 0.448. The number of nitrogens with zero attached hydrogens (tertiary/aromatic N) is 3. The number of carbonyl (C=O) groups excluding carboxylic acids is 1. The van der Waals surface area contributed by atoms with Crippen LogP contribution in [0.5, 0.6) is 5.75 Å². The molecule has 0 atom stereocenters. The topological polar surface area (TPSA) is 158 Å². The lowest BCUT2D eigenvalue weighted by molar-refractivity contribution is 0.0519. The average molecular weight is 567 g/mol. The van der Waals surface area contributed by atoms with Gasteiger partial charge >= 0.3 is 0 Å². The van der Waals surface area contributed by atoms with E-state index in [-0.39, 0.29) is 5.91 Å². The number of anilines is 4. The van der Waals surface area contributed by atoms with E-state index in [0.717, 1.165) is 50.2 Å². The number of methoxy groups -OCH3 is 1. The van der Waals surface area contributed by atoms with Crippen molar-refractivity contribution in [3.8, 4) is 5.75 Å². The summed E-state index contributed by atoms with van der Waals surface area (Å²) >= 11 is 0. The van der Waals surface area contributed by atoms with E-state index in [4.69, 9.17) is 19.9 Å². The molecule has 0 saturated carbocycles. The molecule has 0 fully saturated rings. The Kier molecular flexibility index (Phi) is 14.7. The van der Waals surface area contributed by atoms with Crippen molar-refractivity contribution in [2.24, 2.45) is 5.73 Å². The lowest BCUT2D eigenvalue weighted by Crippen LogP contribution is -2.27. The van der Waals surface area contributed by atoms with Gasteiger partial charge < -0.3 is 41.2 Å². The molecule has 2 aromatic carbocycles. The minimum Gasteiger partial charge on any atom is -0.497 e. The summed E-state index contributed by atoms with van der Waals surface area (Å²) in [4.78, 5) is 25.5. The molecule has 3 rings (SSSR count). The minimum absolute atomic E-state index is 0.113. The number of carbonyl (C=O) groups is 1. The van der Waals surface area contributed by atoms with Crippen LogP contribution in [0.4, 0.5) is 23.5 Å². The van der Waals surface area contributed by atoms with Gasteiger partial charge in [0.15, 0.2) is 0 Å². The summed E-state index contributed by atoms with van der Waals surface area (Å²) in [5, 5.41) is 12.5. The van der Waals surface area contributed by atoms with Crippen LogP contribution in [0.1, 0.15) is 36.0 Å². The van der Waals surface area contributed by atoms with Gasteiger partial charge in [-0.05, 0) is 43.7 Å². The Hall–Kier alpha value is -4.00. The van der Waals surface area contributed by atoms with E-state index in [1.807, 2.05) is 42.5 Å². The SMILES string of the molecule is COc1cccc(Nc2nc(NCCCCCCN)nc(NCCOCCOCCNC(=O)c3ccccc3)n2)c1. The Morgan fingerprint density at radius 3 is 2.17 bits per heavy atom. The third-order valence-electron chi connectivity index (χ3n) is 5.84. The smallest absolute Gasteiger partial charge is 0.251 e. The van der Waals surface area contributed by atoms with Crippen LogP contribution in [-0.4, -0.2) is 80.6 Å². The first kappa shape index (κ1) is 31.5. The lowest BCUT2D eigenvalue weighted by atomic mass is 10.2. The predicted octanol–water partition coefficient (Wildman–Crippen LogP) is 3.43. The maximum absolute atomic E-state index is 12.0. The standard InChI is InChI=1S/C29H42N8O4/c1-39-25-13-9-12-24(22-25)34-29-36-27(32-15-8-3-2-7-14-30)35-28(37-29)33-17-19-41-21-20-40-18-16-31-26(38)23-10-5-4-6-11-23/h4-6,9-13,22H,2-3,7-8,14-21,30H2,1H3,(H,31,38)(H3,32,33,34,35,36,37). The Balaban J connectivity index is 1.38. The number of nitrogens with two attached hydrogens (primary N) is 1. The number of ether oxygens (including phenoxy) is 3. The van der Waals surface area contributed by atoms with E-state index in [1.165, 1.54) is 0 Å². The van der Waals surface area contributed by atoms with Crippen LogP contribution in [0.15, 0.2) is 54.6 Å². The zero-order chi connectivity index (χ0) is 29.0. The summed E-state index contributed by atoms with van der Waals surface area (Å²) in [5.74, 6) is 1.95. The molecule has 0 unspecified atom stereocenters. The molecule has 3 aromatic rings. The van der Waals surface area contributed by atoms with Gasteiger partial charge in [-0.1, -0.05) is 37.1 Å². The Morgan fingerprint density at radius 1 is 0.756 bits per heavy atom. The molecule has 12 nitrogen and oxygen atoms in total. The van der Waals surface area contributed by atoms with E-state index >= 15 is 0 Å². The normalized spacial score (nSPS) is 10.7. The highest BCUT2D eigenvalue weighted by molar-refractivity contribution is 5.94. The van der Waals surface area contributed by atoms with Crippen LogP contribution >= 0.6 is 0 Å². The molecule has 12 heteroatoms. The number of rotatable bonds is 21. The summed E-state index contributed by atoms with van der Waals surface area (Å²) in [6.07, 6.45) is 4.25. The maximum Gasteiger partial charge on any atom is 0.251 e. The van der Waals surface area contributed by atoms with Crippen molar-refractivity contribution in [1.82, 2.24) is 20.3 Å². The van der Waals surface area contributed by atoms with Crippen molar-refractivity contribution in [3.05, 3.63) is 60.2 Å². The molecule has 0 radical (unpaired) electrons. The monoisotopic (exact) mass is 566 g/mol. The van der Waals surface area contributed by atoms with Crippen molar-refractivity contribution in [1.29, 1.82) is 0 Å². The summed E-state index contributed by atoms with van der Waals surface area (Å²) < 4.78 is 16.5. The van der Waals surface area contributed by atoms with Crippen molar-refractivity contribution in [2.75, 3.05) is 75.7 Å². The second-order valence-electron chi connectivity index (χ2n) is 9.07. The molecule has 6 N–H and O–H groups in total. The van der Waals surface area contributed by atoms with E-state index in [2.05, 4.69) is 36.2 Å². The molecule has 222 valence electrons. The second-order valence-corrected chi connectivity index (χ2v) is 9.07. The van der Waals surface area contributed by atoms with Crippen LogP contribution in [0, 0.1) is 0 Å². The van der Waals surface area contributed by atoms with Crippen LogP contribution in [0.25, 0.3) is 0 Å². The first-order valence-corrected chi connectivity index (χ1v) is 14.0. The molecule has 0 aliphatic rings. The van der Waals surface area contributed by atoms with Gasteiger partial charge in [0.25, 0.3) is 5.91 Å². The Morgan fingerprint density at radius 2 is 1.44 bits per heavy atom. The zero-order valence-corrected chi connectivity index (χ0v) is 23.7. The van der Waals surface area contributed by atoms with Gasteiger partial charge in [0, 0.05) is 37.0 Å². The summed E-state index contributed by atoms with van der Waals surface area (Å²) in [6, 6.07) is 16.6. The zero-order valence-electron chi connectivity index (χ0n) is 23.7. The first-order valence-electron chi connectivity index (χ1n) is 14.0. The molecular formula is C29H42N8O4. The van der Waals surface area contributed by atoms with Crippen molar-refractivity contribution < 1.29 is 19.0 Å². The fourth-order valence-corrected chi connectivity index (χ4v) is 3.73. The van der Waals surface area contributed by atoms with Crippen LogP contribution in [0.3, 0.4) is 0 Å². The van der Waals surface area contributed by atoms with Gasteiger partial charge in [-0.15, -0.1) is 0 Å². The van der Waals surface area contributed by atoms with Gasteiger partial charge in [0.1, 0.15) is 5.75 Å². The maximum atomic E-state index is 12.0. The summed E-state index contributed by atoms with van der Waals surface area (Å²) in [7, 11) is 1.63. The molecule has 41 heavy (non-hydrogen) atoms. The van der Waals surface area contributed by atoms with Gasteiger partial charge in [-0.2, -0.15) is 15.0 Å². The van der Waals surface area contributed by atoms with Crippen molar-refractivity contribution in [3.63, 3.8) is 0 Å². The molecule has 1 aromatic heterocycles. The van der Waals surface area contributed by atoms with Crippen LogP contribution < -0.4 is 31.7 Å². The third kappa shape index (κ3) is 12.8. The first-order chi connectivity index (χ1) is 20.2. The highest BCUT2D eigenvalue weighted by atomic mass is 16.5. The lowest BCUT2D eigenvalue weighted by Gasteiger charge is -2.12. The van der Waals surface area contributed by atoms with E-state index in [1.54, 1.807) is 19.2 Å². The van der Waals surface area contributed by atoms with Gasteiger partial charge in [-0.25, -0.2) is 0 Å². The molecule has 1 amide bonds. The Bertz CT molecular complexity index is 1150. The van der Waals surface area contributed by atoms with Gasteiger partial charge in [0.2, 0.25) is 17.8 Å². The molecule has 0 saturated heterocycles. The summed E-state index contributed by atoms with van der Waals surface area (Å²) in [5.41, 5.74) is 7.01. The molecular weight excluding hydrogens is 524 g/mol. The molecule has 1 heterocycles. The number of unbranched alkanes of at least 4 members (excludes halogenated alkanes) is 3. The molecule has 0 aliphatic heterocycles. The quantitative estimate of drug-likeness (QED) is 0.120. The number of amides is 1. The fourth-order valence-electron chi connectivity index (χ4n) is 3.73. The number of nitrogens with one attached hydrogen (secondary N) is 4. The molecule has 0 spiro atoms. The highest BCUT2D eigenvalue weighted by Gasteiger charge is 2.08. The molecule has 0 aliphatic carbocycles. The predicted molar refractivity (Wildman–Crippen MR) is 161 cm³/mol. The van der Waals surface area contributed by atoms with Crippen molar-refractivity contribution in [2.45, 2.75) is 25.7 Å². The van der Waals surface area contributed by atoms with Crippen LogP contribution in [0.2, 0.25) is 0 Å².